The molecule has 0 aliphatic heterocycles. The summed E-state index contributed by atoms with van der Waals surface area (Å²) in [5.74, 6) is 0. The normalized spacial score (nSPS) is 25.3. The molecule has 6 fully saturated rings. The van der Waals surface area contributed by atoms with Crippen LogP contribution in [0.5, 0.6) is 0 Å². The molecule has 1 aromatic rings. The molecule has 0 radical (unpaired) electrons. The Labute approximate surface area is 298 Å². The summed E-state index contributed by atoms with van der Waals surface area (Å²) in [6.07, 6.45) is 47.2. The third-order valence-corrected chi connectivity index (χ3v) is 21.5. The van der Waals surface area contributed by atoms with Crippen molar-refractivity contribution in [2.45, 2.75) is 227 Å². The molecule has 0 spiro atoms. The van der Waals surface area contributed by atoms with Crippen molar-refractivity contribution in [2.24, 2.45) is 0 Å². The van der Waals surface area contributed by atoms with Crippen molar-refractivity contribution in [1.82, 2.24) is 0 Å². The molecule has 0 aromatic heterocycles. The molecular formula is C43H71P2Ru. The maximum absolute atomic E-state index is 2.96. The van der Waals surface area contributed by atoms with E-state index in [1.54, 1.807) is 154 Å². The van der Waals surface area contributed by atoms with Crippen LogP contribution in [0, 0.1) is 4.41 Å². The number of benzene rings is 1. The van der Waals surface area contributed by atoms with Crippen molar-refractivity contribution in [1.29, 1.82) is 0 Å². The molecule has 0 amide bonds. The molecule has 1 aromatic carbocycles. The second kappa shape index (κ2) is 22.3. The van der Waals surface area contributed by atoms with Crippen LogP contribution in [0.3, 0.4) is 0 Å². The number of hydrogen-bond donors (Lipinski definition) is 0. The molecule has 7 rings (SSSR count). The van der Waals surface area contributed by atoms with Crippen LogP contribution in [-0.2, 0) is 17.7 Å². The van der Waals surface area contributed by atoms with Crippen LogP contribution < -0.4 is 0 Å². The molecule has 46 heavy (non-hydrogen) atoms. The van der Waals surface area contributed by atoms with Crippen molar-refractivity contribution in [2.75, 3.05) is 0 Å². The van der Waals surface area contributed by atoms with Gasteiger partial charge in [0.15, 0.2) is 0 Å². The average Bonchev–Trinajstić information content (AvgIpc) is 3.15. The topological polar surface area (TPSA) is 0 Å². The first-order valence-electron chi connectivity index (χ1n) is 20.8. The second-order valence-corrected chi connectivity index (χ2v) is 22.7. The summed E-state index contributed by atoms with van der Waals surface area (Å²) in [6, 6.07) is 10.0. The predicted molar refractivity (Wildman–Crippen MR) is 205 cm³/mol. The Bertz CT molecular complexity index is 797. The predicted octanol–water partition coefficient (Wildman–Crippen LogP) is 14.5. The molecule has 6 saturated carbocycles. The quantitative estimate of drug-likeness (QED) is 0.201. The van der Waals surface area contributed by atoms with Crippen molar-refractivity contribution < 1.29 is 17.7 Å². The van der Waals surface area contributed by atoms with E-state index in [2.05, 4.69) is 22.1 Å². The van der Waals surface area contributed by atoms with Crippen LogP contribution in [0.2, 0.25) is 0 Å². The molecule has 0 nitrogen and oxygen atoms in total. The Kier molecular flexibility index (Phi) is 18.3. The summed E-state index contributed by atoms with van der Waals surface area (Å²) in [7, 11) is 0.770. The van der Waals surface area contributed by atoms with Gasteiger partial charge in [0.05, 0.1) is 0 Å². The molecule has 0 bridgehead atoms. The first kappa shape index (κ1) is 37.7. The molecule has 0 heterocycles. The van der Waals surface area contributed by atoms with E-state index < -0.39 is 0 Å². The SMILES string of the molecule is C1CCC(P(C2CCCCC2)C2CCCCC2)CC1.C1CCC(P(C2CCCCC2)C2CCCCC2)CC1.[Ru]#[C]c1ccccc1. The van der Waals surface area contributed by atoms with E-state index in [9.17, 15) is 0 Å². The van der Waals surface area contributed by atoms with Gasteiger partial charge in [0.1, 0.15) is 0 Å². The zero-order valence-corrected chi connectivity index (χ0v) is 33.3. The number of rotatable bonds is 6. The maximum atomic E-state index is 2.96. The van der Waals surface area contributed by atoms with E-state index >= 15 is 0 Å². The molecular weight excluding hydrogens is 679 g/mol. The van der Waals surface area contributed by atoms with Crippen LogP contribution in [-0.4, -0.2) is 34.0 Å². The summed E-state index contributed by atoms with van der Waals surface area (Å²) in [4.78, 5) is 0. The Balaban J connectivity index is 0.000000147. The molecule has 6 aliphatic rings. The summed E-state index contributed by atoms with van der Waals surface area (Å²) >= 11 is 2.36. The molecule has 0 saturated heterocycles. The van der Waals surface area contributed by atoms with Gasteiger partial charge in [-0.25, -0.2) is 0 Å². The second-order valence-electron chi connectivity index (χ2n) is 16.1. The van der Waals surface area contributed by atoms with Crippen LogP contribution in [0.15, 0.2) is 30.3 Å². The third-order valence-electron chi connectivity index (χ3n) is 12.9. The van der Waals surface area contributed by atoms with E-state index in [4.69, 9.17) is 0 Å². The average molecular weight is 751 g/mol. The van der Waals surface area contributed by atoms with Crippen molar-refractivity contribution in [3.63, 3.8) is 0 Å². The van der Waals surface area contributed by atoms with Gasteiger partial charge >= 0.3 is 58.0 Å². The van der Waals surface area contributed by atoms with E-state index in [0.717, 1.165) is 5.56 Å². The summed E-state index contributed by atoms with van der Waals surface area (Å²) in [5.41, 5.74) is 8.27. The fraction of sp³-hybridized carbons (Fsp3) is 0.837. The molecule has 261 valence electrons. The summed E-state index contributed by atoms with van der Waals surface area (Å²) < 4.78 is 2.96. The Hall–Kier alpha value is 0.483. The molecule has 6 aliphatic carbocycles. The van der Waals surface area contributed by atoms with Gasteiger partial charge in [-0.1, -0.05) is 131 Å². The Morgan fingerprint density at radius 2 is 0.565 bits per heavy atom. The number of hydrogen-bond acceptors (Lipinski definition) is 0. The van der Waals surface area contributed by atoms with E-state index in [-0.39, 0.29) is 0 Å². The summed E-state index contributed by atoms with van der Waals surface area (Å²) in [5, 5.41) is 0. The molecule has 0 unspecified atom stereocenters. The van der Waals surface area contributed by atoms with Gasteiger partial charge in [-0.05, 0) is 111 Å². The van der Waals surface area contributed by atoms with Gasteiger partial charge in [-0.15, -0.1) is 0 Å². The van der Waals surface area contributed by atoms with Gasteiger partial charge in [-0.2, -0.15) is 0 Å². The Morgan fingerprint density at radius 3 is 0.739 bits per heavy atom. The third kappa shape index (κ3) is 12.4. The molecule has 3 heteroatoms. The van der Waals surface area contributed by atoms with E-state index in [1.807, 2.05) is 30.3 Å². The van der Waals surface area contributed by atoms with Gasteiger partial charge in [0.2, 0.25) is 0 Å². The minimum absolute atomic E-state index is 0.385. The van der Waals surface area contributed by atoms with Gasteiger partial charge < -0.3 is 0 Å². The monoisotopic (exact) mass is 751 g/mol. The Morgan fingerprint density at radius 1 is 0.348 bits per heavy atom. The fourth-order valence-electron chi connectivity index (χ4n) is 10.6. The fourth-order valence-corrected chi connectivity index (χ4v) is 20.2. The van der Waals surface area contributed by atoms with Gasteiger partial charge in [-0.3, -0.25) is 0 Å². The first-order chi connectivity index (χ1) is 22.8. The van der Waals surface area contributed by atoms with Crippen molar-refractivity contribution >= 4 is 15.8 Å². The van der Waals surface area contributed by atoms with Crippen LogP contribution in [0.25, 0.3) is 0 Å². The van der Waals surface area contributed by atoms with E-state index in [0.29, 0.717) is 15.8 Å². The van der Waals surface area contributed by atoms with E-state index in [1.165, 1.54) is 72.5 Å². The van der Waals surface area contributed by atoms with Crippen LogP contribution in [0.1, 0.15) is 198 Å². The van der Waals surface area contributed by atoms with Crippen LogP contribution >= 0.6 is 15.8 Å². The van der Waals surface area contributed by atoms with Gasteiger partial charge in [0.25, 0.3) is 0 Å². The molecule has 0 N–H and O–H groups in total. The van der Waals surface area contributed by atoms with Crippen LogP contribution in [0.4, 0.5) is 0 Å². The van der Waals surface area contributed by atoms with Crippen molar-refractivity contribution in [3.05, 3.63) is 35.9 Å². The zero-order valence-electron chi connectivity index (χ0n) is 29.8. The zero-order chi connectivity index (χ0) is 31.7. The van der Waals surface area contributed by atoms with Crippen molar-refractivity contribution in [3.8, 4) is 4.41 Å². The molecule has 0 atom stereocenters. The van der Waals surface area contributed by atoms with Gasteiger partial charge in [0, 0.05) is 0 Å². The summed E-state index contributed by atoms with van der Waals surface area (Å²) in [6.45, 7) is 0. The standard InChI is InChI=1S/2C18H33P.C7H5.Ru/c2*1-4-10-16(11-5-1)19(17-12-6-2-7-13-17)18-14-8-3-9-15-18;1-7-5-3-2-4-6-7;/h2*16-18H,1-15H2;2-6H;. The first-order valence-corrected chi connectivity index (χ1v) is 24.8. The minimum atomic E-state index is 0.385.